The molecule has 0 bridgehead atoms. The Morgan fingerprint density at radius 3 is 2.06 bits per heavy atom. The minimum atomic E-state index is 0.715. The second-order valence-electron chi connectivity index (χ2n) is 9.28. The van der Waals surface area contributed by atoms with Gasteiger partial charge < -0.3 is 4.74 Å². The Kier molecular flexibility index (Phi) is 10.8. The molecule has 3 aromatic rings. The summed E-state index contributed by atoms with van der Waals surface area (Å²) in [6.07, 6.45) is 16.8. The molecule has 3 heteroatoms. The monoisotopic (exact) mass is 456 g/mol. The molecule has 3 nitrogen and oxygen atoms in total. The topological polar surface area (TPSA) is 35.0 Å². The number of allylic oxidation sites excluding steroid dienone is 1. The van der Waals surface area contributed by atoms with Gasteiger partial charge in [0.1, 0.15) is 5.75 Å². The molecule has 0 aliphatic rings. The van der Waals surface area contributed by atoms with Gasteiger partial charge >= 0.3 is 0 Å². The highest BCUT2D eigenvalue weighted by molar-refractivity contribution is 5.64. The van der Waals surface area contributed by atoms with Crippen molar-refractivity contribution in [2.24, 2.45) is 5.92 Å². The summed E-state index contributed by atoms with van der Waals surface area (Å²) in [6.45, 7) is 9.09. The molecule has 0 aliphatic heterocycles. The Balaban J connectivity index is 1.44. The van der Waals surface area contributed by atoms with Crippen LogP contribution in [0.15, 0.2) is 73.6 Å². The lowest BCUT2D eigenvalue weighted by atomic mass is 9.97. The molecule has 0 N–H and O–H groups in total. The summed E-state index contributed by atoms with van der Waals surface area (Å²) in [7, 11) is 0. The Morgan fingerprint density at radius 2 is 1.41 bits per heavy atom. The number of hydrogen-bond acceptors (Lipinski definition) is 3. The van der Waals surface area contributed by atoms with Crippen LogP contribution in [0.2, 0.25) is 0 Å². The fourth-order valence-corrected chi connectivity index (χ4v) is 3.99. The van der Waals surface area contributed by atoms with Crippen LogP contribution in [0.3, 0.4) is 0 Å². The summed E-state index contributed by atoms with van der Waals surface area (Å²) in [6, 6.07) is 16.9. The highest BCUT2D eigenvalue weighted by atomic mass is 16.5. The zero-order valence-corrected chi connectivity index (χ0v) is 21.0. The van der Waals surface area contributed by atoms with Crippen molar-refractivity contribution in [3.8, 4) is 28.3 Å². The quantitative estimate of drug-likeness (QED) is 0.169. The number of unbranched alkanes of at least 4 members (excludes halogenated alkanes) is 6. The van der Waals surface area contributed by atoms with Gasteiger partial charge in [0, 0.05) is 23.5 Å². The van der Waals surface area contributed by atoms with Gasteiger partial charge in [-0.15, -0.1) is 6.58 Å². The highest BCUT2D eigenvalue weighted by Gasteiger charge is 2.06. The van der Waals surface area contributed by atoms with E-state index in [9.17, 15) is 0 Å². The molecule has 0 saturated heterocycles. The minimum absolute atomic E-state index is 0.715. The predicted molar refractivity (Wildman–Crippen MR) is 144 cm³/mol. The normalized spacial score (nSPS) is 11.8. The van der Waals surface area contributed by atoms with Gasteiger partial charge in [0.05, 0.1) is 6.61 Å². The van der Waals surface area contributed by atoms with Crippen LogP contribution in [0.5, 0.6) is 5.75 Å². The van der Waals surface area contributed by atoms with Crippen LogP contribution in [0, 0.1) is 5.92 Å². The van der Waals surface area contributed by atoms with Gasteiger partial charge in [0.25, 0.3) is 0 Å². The van der Waals surface area contributed by atoms with Gasteiger partial charge in [-0.2, -0.15) is 0 Å². The second-order valence-corrected chi connectivity index (χ2v) is 9.28. The lowest BCUT2D eigenvalue weighted by Crippen LogP contribution is -1.98. The molecule has 0 aliphatic carbocycles. The molecule has 1 atom stereocenters. The van der Waals surface area contributed by atoms with Crippen LogP contribution in [-0.4, -0.2) is 16.6 Å². The van der Waals surface area contributed by atoms with Crippen LogP contribution < -0.4 is 4.74 Å². The van der Waals surface area contributed by atoms with Crippen LogP contribution >= 0.6 is 0 Å². The summed E-state index contributed by atoms with van der Waals surface area (Å²) >= 11 is 0. The zero-order valence-electron chi connectivity index (χ0n) is 21.0. The van der Waals surface area contributed by atoms with Gasteiger partial charge in [0.2, 0.25) is 0 Å². The van der Waals surface area contributed by atoms with E-state index in [4.69, 9.17) is 4.74 Å². The molecular weight excluding hydrogens is 416 g/mol. The summed E-state index contributed by atoms with van der Waals surface area (Å²) in [5.74, 6) is 2.36. The summed E-state index contributed by atoms with van der Waals surface area (Å²) in [4.78, 5) is 9.21. The van der Waals surface area contributed by atoms with Crippen molar-refractivity contribution in [2.75, 3.05) is 6.61 Å². The molecule has 1 aromatic heterocycles. The highest BCUT2D eigenvalue weighted by Crippen LogP contribution is 2.23. The van der Waals surface area contributed by atoms with Gasteiger partial charge in [-0.3, -0.25) is 0 Å². The number of nitrogens with zero attached hydrogens (tertiary/aromatic N) is 2. The molecule has 0 saturated carbocycles. The lowest BCUT2D eigenvalue weighted by Gasteiger charge is -2.09. The van der Waals surface area contributed by atoms with E-state index in [0.29, 0.717) is 5.92 Å². The molecule has 0 spiro atoms. The Hall–Kier alpha value is -2.94. The van der Waals surface area contributed by atoms with Crippen molar-refractivity contribution in [2.45, 2.75) is 71.6 Å². The maximum absolute atomic E-state index is 5.91. The third-order valence-electron chi connectivity index (χ3n) is 6.40. The van der Waals surface area contributed by atoms with Crippen LogP contribution in [-0.2, 0) is 6.42 Å². The average Bonchev–Trinajstić information content (AvgIpc) is 2.88. The smallest absolute Gasteiger partial charge is 0.159 e. The maximum atomic E-state index is 5.91. The Morgan fingerprint density at radius 1 is 0.794 bits per heavy atom. The van der Waals surface area contributed by atoms with Crippen molar-refractivity contribution in [1.82, 2.24) is 9.97 Å². The fourth-order valence-electron chi connectivity index (χ4n) is 3.99. The fraction of sp³-hybridized carbons (Fsp3) is 0.419. The van der Waals surface area contributed by atoms with Gasteiger partial charge in [-0.1, -0.05) is 76.3 Å². The van der Waals surface area contributed by atoms with E-state index >= 15 is 0 Å². The van der Waals surface area contributed by atoms with Crippen molar-refractivity contribution in [3.63, 3.8) is 0 Å². The average molecular weight is 457 g/mol. The predicted octanol–water partition coefficient (Wildman–Crippen LogP) is 8.69. The molecule has 34 heavy (non-hydrogen) atoms. The minimum Gasteiger partial charge on any atom is -0.494 e. The van der Waals surface area contributed by atoms with Crippen molar-refractivity contribution < 1.29 is 4.74 Å². The molecule has 1 unspecified atom stereocenters. The van der Waals surface area contributed by atoms with Gasteiger partial charge in [-0.25, -0.2) is 9.97 Å². The first-order valence-electron chi connectivity index (χ1n) is 12.9. The van der Waals surface area contributed by atoms with E-state index in [2.05, 4.69) is 54.7 Å². The molecule has 3 rings (SSSR count). The van der Waals surface area contributed by atoms with E-state index in [0.717, 1.165) is 54.1 Å². The second kappa shape index (κ2) is 14.3. The van der Waals surface area contributed by atoms with E-state index in [1.807, 2.05) is 42.7 Å². The lowest BCUT2D eigenvalue weighted by molar-refractivity contribution is 0.304. The van der Waals surface area contributed by atoms with E-state index in [-0.39, 0.29) is 0 Å². The molecule has 2 aromatic carbocycles. The third-order valence-corrected chi connectivity index (χ3v) is 6.40. The summed E-state index contributed by atoms with van der Waals surface area (Å²) in [5, 5.41) is 0. The largest absolute Gasteiger partial charge is 0.494 e. The van der Waals surface area contributed by atoms with Gasteiger partial charge in [-0.05, 0) is 67.0 Å². The SMILES string of the molecule is C=CCCCCCCCCOc1ccc(-c2ncc(-c3ccc(CC(C)CC)cc3)cn2)cc1. The van der Waals surface area contributed by atoms with Gasteiger partial charge in [0.15, 0.2) is 5.82 Å². The molecule has 0 amide bonds. The molecule has 0 radical (unpaired) electrons. The van der Waals surface area contributed by atoms with E-state index in [1.54, 1.807) is 0 Å². The summed E-state index contributed by atoms with van der Waals surface area (Å²) in [5.41, 5.74) is 4.58. The Labute approximate surface area is 206 Å². The third kappa shape index (κ3) is 8.44. The molecule has 0 fully saturated rings. The van der Waals surface area contributed by atoms with E-state index < -0.39 is 0 Å². The van der Waals surface area contributed by atoms with Crippen LogP contribution in [0.1, 0.15) is 70.8 Å². The maximum Gasteiger partial charge on any atom is 0.159 e. The number of hydrogen-bond donors (Lipinski definition) is 0. The first-order chi connectivity index (χ1) is 16.7. The Bertz CT molecular complexity index is 962. The first-order valence-corrected chi connectivity index (χ1v) is 12.9. The van der Waals surface area contributed by atoms with Crippen LogP contribution in [0.4, 0.5) is 0 Å². The first kappa shape index (κ1) is 25.7. The summed E-state index contributed by atoms with van der Waals surface area (Å²) < 4.78 is 5.91. The zero-order chi connectivity index (χ0) is 24.0. The number of aromatic nitrogens is 2. The molecule has 1 heterocycles. The van der Waals surface area contributed by atoms with Crippen LogP contribution in [0.25, 0.3) is 22.5 Å². The van der Waals surface area contributed by atoms with Crippen molar-refractivity contribution in [3.05, 3.63) is 79.1 Å². The van der Waals surface area contributed by atoms with Crippen molar-refractivity contribution >= 4 is 0 Å². The number of benzene rings is 2. The molecular formula is C31H40N2O. The van der Waals surface area contributed by atoms with E-state index in [1.165, 1.54) is 44.1 Å². The standard InChI is InChI=1S/C31H40N2O/c1-4-6-7-8-9-10-11-12-21-34-30-19-17-28(18-20-30)31-32-23-29(24-33-31)27-15-13-26(14-16-27)22-25(3)5-2/h4,13-20,23-25H,1,5-12,21-22H2,2-3H3. The molecule has 180 valence electrons. The van der Waals surface area contributed by atoms with Crippen molar-refractivity contribution in [1.29, 1.82) is 0 Å². The number of rotatable bonds is 15. The number of ether oxygens (including phenoxy) is 1.